The monoisotopic (exact) mass is 331 g/mol. The first-order valence-corrected chi connectivity index (χ1v) is 8.65. The summed E-state index contributed by atoms with van der Waals surface area (Å²) in [5.74, 6) is 0.824. The molecule has 6 heteroatoms. The summed E-state index contributed by atoms with van der Waals surface area (Å²) in [7, 11) is 1.64. The average Bonchev–Trinajstić information content (AvgIpc) is 3.26. The Hall–Kier alpha value is -2.24. The predicted octanol–water partition coefficient (Wildman–Crippen LogP) is 1.69. The quantitative estimate of drug-likeness (QED) is 0.833. The van der Waals surface area contributed by atoms with E-state index in [0.29, 0.717) is 19.1 Å². The molecule has 2 fully saturated rings. The van der Waals surface area contributed by atoms with Gasteiger partial charge in [0.05, 0.1) is 7.11 Å². The molecule has 1 unspecified atom stereocenters. The van der Waals surface area contributed by atoms with E-state index in [2.05, 4.69) is 10.6 Å². The first-order valence-electron chi connectivity index (χ1n) is 8.65. The van der Waals surface area contributed by atoms with Crippen LogP contribution in [0.1, 0.15) is 31.2 Å². The van der Waals surface area contributed by atoms with E-state index in [1.807, 2.05) is 24.3 Å². The summed E-state index contributed by atoms with van der Waals surface area (Å²) < 4.78 is 5.13. The Morgan fingerprint density at radius 1 is 1.21 bits per heavy atom. The minimum atomic E-state index is -0.313. The number of rotatable bonds is 6. The predicted molar refractivity (Wildman–Crippen MR) is 91.0 cm³/mol. The second-order valence-electron chi connectivity index (χ2n) is 6.46. The number of benzene rings is 1. The molecule has 1 aromatic rings. The van der Waals surface area contributed by atoms with E-state index in [-0.39, 0.29) is 18.0 Å². The van der Waals surface area contributed by atoms with E-state index in [4.69, 9.17) is 4.74 Å². The summed E-state index contributed by atoms with van der Waals surface area (Å²) >= 11 is 0. The van der Waals surface area contributed by atoms with Crippen LogP contribution in [0.3, 0.4) is 0 Å². The van der Waals surface area contributed by atoms with Gasteiger partial charge in [0, 0.05) is 19.1 Å². The molecule has 1 aliphatic carbocycles. The first kappa shape index (κ1) is 16.6. The minimum Gasteiger partial charge on any atom is -0.497 e. The fourth-order valence-corrected chi connectivity index (χ4v) is 3.01. The summed E-state index contributed by atoms with van der Waals surface area (Å²) in [5.41, 5.74) is 1.14. The molecule has 1 aliphatic heterocycles. The summed E-state index contributed by atoms with van der Waals surface area (Å²) in [6.07, 6.45) is 4.51. The molecular formula is C18H25N3O3. The Kier molecular flexibility index (Phi) is 5.23. The van der Waals surface area contributed by atoms with Crippen molar-refractivity contribution < 1.29 is 14.3 Å². The second kappa shape index (κ2) is 7.55. The molecule has 3 amide bonds. The zero-order valence-electron chi connectivity index (χ0n) is 14.1. The number of nitrogens with zero attached hydrogens (tertiary/aromatic N) is 1. The van der Waals surface area contributed by atoms with Crippen LogP contribution in [0.15, 0.2) is 24.3 Å². The van der Waals surface area contributed by atoms with Crippen LogP contribution in [0, 0.1) is 0 Å². The Labute approximate surface area is 142 Å². The molecule has 3 rings (SSSR count). The molecule has 1 saturated carbocycles. The van der Waals surface area contributed by atoms with Gasteiger partial charge < -0.3 is 20.3 Å². The number of carbonyl (C=O) groups is 2. The summed E-state index contributed by atoms with van der Waals surface area (Å²) in [5, 5.41) is 5.93. The fourth-order valence-electron chi connectivity index (χ4n) is 3.01. The first-order chi connectivity index (χ1) is 11.7. The lowest BCUT2D eigenvalue weighted by molar-refractivity contribution is -0.124. The highest BCUT2D eigenvalue weighted by Crippen LogP contribution is 2.22. The van der Waals surface area contributed by atoms with Crippen molar-refractivity contribution in [3.05, 3.63) is 29.8 Å². The number of urea groups is 1. The van der Waals surface area contributed by atoms with E-state index in [1.54, 1.807) is 12.0 Å². The molecule has 0 bridgehead atoms. The molecule has 0 radical (unpaired) electrons. The van der Waals surface area contributed by atoms with Gasteiger partial charge in [-0.2, -0.15) is 0 Å². The van der Waals surface area contributed by atoms with Crippen molar-refractivity contribution in [3.63, 3.8) is 0 Å². The number of hydrogen-bond donors (Lipinski definition) is 2. The van der Waals surface area contributed by atoms with Gasteiger partial charge >= 0.3 is 6.03 Å². The SMILES string of the molecule is COc1ccc(CCNC(=O)N2CCCC2C(=O)NC2CC2)cc1. The lowest BCUT2D eigenvalue weighted by atomic mass is 10.1. The number of methoxy groups -OCH3 is 1. The summed E-state index contributed by atoms with van der Waals surface area (Å²) in [6, 6.07) is 7.69. The number of hydrogen-bond acceptors (Lipinski definition) is 3. The highest BCUT2D eigenvalue weighted by molar-refractivity contribution is 5.88. The van der Waals surface area contributed by atoms with E-state index >= 15 is 0 Å². The van der Waals surface area contributed by atoms with Crippen molar-refractivity contribution in [2.45, 2.75) is 44.2 Å². The molecular weight excluding hydrogens is 306 g/mol. The maximum absolute atomic E-state index is 12.4. The van der Waals surface area contributed by atoms with Crippen molar-refractivity contribution in [2.24, 2.45) is 0 Å². The smallest absolute Gasteiger partial charge is 0.318 e. The Morgan fingerprint density at radius 2 is 1.96 bits per heavy atom. The molecule has 130 valence electrons. The Balaban J connectivity index is 1.45. The number of carbonyl (C=O) groups excluding carboxylic acids is 2. The topological polar surface area (TPSA) is 70.7 Å². The van der Waals surface area contributed by atoms with Crippen LogP contribution in [-0.2, 0) is 11.2 Å². The van der Waals surface area contributed by atoms with Crippen molar-refractivity contribution in [2.75, 3.05) is 20.2 Å². The van der Waals surface area contributed by atoms with Gasteiger partial charge in [-0.25, -0.2) is 4.79 Å². The van der Waals surface area contributed by atoms with Crippen LogP contribution in [0.4, 0.5) is 4.79 Å². The zero-order valence-corrected chi connectivity index (χ0v) is 14.1. The summed E-state index contributed by atoms with van der Waals surface area (Å²) in [6.45, 7) is 1.20. The number of ether oxygens (including phenoxy) is 1. The van der Waals surface area contributed by atoms with Crippen molar-refractivity contribution in [3.8, 4) is 5.75 Å². The van der Waals surface area contributed by atoms with Crippen molar-refractivity contribution in [1.82, 2.24) is 15.5 Å². The molecule has 0 aromatic heterocycles. The van der Waals surface area contributed by atoms with Crippen LogP contribution in [0.2, 0.25) is 0 Å². The number of amides is 3. The number of likely N-dealkylation sites (tertiary alicyclic amines) is 1. The minimum absolute atomic E-state index is 0.000282. The van der Waals surface area contributed by atoms with Gasteiger partial charge in [0.2, 0.25) is 5.91 Å². The zero-order chi connectivity index (χ0) is 16.9. The van der Waals surface area contributed by atoms with E-state index < -0.39 is 0 Å². The highest BCUT2D eigenvalue weighted by Gasteiger charge is 2.36. The molecule has 0 spiro atoms. The van der Waals surface area contributed by atoms with Gasteiger partial charge in [-0.3, -0.25) is 4.79 Å². The third kappa shape index (κ3) is 4.19. The standard InChI is InChI=1S/C18H25N3O3/c1-24-15-8-4-13(5-9-15)10-11-19-18(23)21-12-2-3-16(21)17(22)20-14-6-7-14/h4-5,8-9,14,16H,2-3,6-7,10-12H2,1H3,(H,19,23)(H,20,22). The number of nitrogens with one attached hydrogen (secondary N) is 2. The van der Waals surface area contributed by atoms with Crippen LogP contribution < -0.4 is 15.4 Å². The second-order valence-corrected chi connectivity index (χ2v) is 6.46. The van der Waals surface area contributed by atoms with Crippen LogP contribution >= 0.6 is 0 Å². The maximum atomic E-state index is 12.4. The van der Waals surface area contributed by atoms with E-state index in [1.165, 1.54) is 0 Å². The van der Waals surface area contributed by atoms with Gasteiger partial charge in [0.15, 0.2) is 0 Å². The van der Waals surface area contributed by atoms with Crippen LogP contribution in [0.25, 0.3) is 0 Å². The Bertz CT molecular complexity index is 584. The molecule has 1 aromatic carbocycles. The van der Waals surface area contributed by atoms with Crippen molar-refractivity contribution in [1.29, 1.82) is 0 Å². The summed E-state index contributed by atoms with van der Waals surface area (Å²) in [4.78, 5) is 26.3. The van der Waals surface area contributed by atoms with Gasteiger partial charge in [-0.15, -0.1) is 0 Å². The van der Waals surface area contributed by atoms with Crippen LogP contribution in [-0.4, -0.2) is 49.1 Å². The molecule has 1 atom stereocenters. The lowest BCUT2D eigenvalue weighted by Gasteiger charge is -2.24. The van der Waals surface area contributed by atoms with Gasteiger partial charge in [-0.05, 0) is 49.8 Å². The van der Waals surface area contributed by atoms with Crippen molar-refractivity contribution >= 4 is 11.9 Å². The lowest BCUT2D eigenvalue weighted by Crippen LogP contribution is -2.50. The average molecular weight is 331 g/mol. The fraction of sp³-hybridized carbons (Fsp3) is 0.556. The molecule has 6 nitrogen and oxygen atoms in total. The third-order valence-electron chi connectivity index (χ3n) is 4.59. The molecule has 1 heterocycles. The maximum Gasteiger partial charge on any atom is 0.318 e. The molecule has 1 saturated heterocycles. The van der Waals surface area contributed by atoms with E-state index in [0.717, 1.165) is 43.4 Å². The normalized spacial score (nSPS) is 19.9. The molecule has 2 N–H and O–H groups in total. The van der Waals surface area contributed by atoms with Gasteiger partial charge in [0.1, 0.15) is 11.8 Å². The van der Waals surface area contributed by atoms with Crippen LogP contribution in [0.5, 0.6) is 5.75 Å². The van der Waals surface area contributed by atoms with Gasteiger partial charge in [0.25, 0.3) is 0 Å². The molecule has 2 aliphatic rings. The molecule has 24 heavy (non-hydrogen) atoms. The third-order valence-corrected chi connectivity index (χ3v) is 4.59. The Morgan fingerprint density at radius 3 is 2.62 bits per heavy atom. The highest BCUT2D eigenvalue weighted by atomic mass is 16.5. The van der Waals surface area contributed by atoms with Gasteiger partial charge in [-0.1, -0.05) is 12.1 Å². The largest absolute Gasteiger partial charge is 0.497 e. The van der Waals surface area contributed by atoms with E-state index in [9.17, 15) is 9.59 Å².